The van der Waals surface area contributed by atoms with Gasteiger partial charge in [-0.25, -0.2) is 14.6 Å². The van der Waals surface area contributed by atoms with Gasteiger partial charge in [0.15, 0.2) is 17.3 Å². The van der Waals surface area contributed by atoms with Crippen LogP contribution in [0.2, 0.25) is 0 Å². The van der Waals surface area contributed by atoms with E-state index in [-0.39, 0.29) is 47.7 Å². The highest BCUT2D eigenvalue weighted by Gasteiger charge is 2.30. The summed E-state index contributed by atoms with van der Waals surface area (Å²) in [4.78, 5) is 30.3. The maximum atomic E-state index is 12.6. The van der Waals surface area contributed by atoms with Gasteiger partial charge in [-0.3, -0.25) is 4.79 Å². The van der Waals surface area contributed by atoms with Crippen molar-refractivity contribution in [3.8, 4) is 12.0 Å². The Morgan fingerprint density at radius 1 is 1.04 bits per heavy atom. The van der Waals surface area contributed by atoms with Gasteiger partial charge in [-0.15, -0.1) is 15.3 Å². The highest BCUT2D eigenvalue weighted by molar-refractivity contribution is 5.76. The Morgan fingerprint density at radius 2 is 1.70 bits per heavy atom. The second-order valence-electron chi connectivity index (χ2n) is 11.0. The first-order valence-corrected chi connectivity index (χ1v) is 15.2. The summed E-state index contributed by atoms with van der Waals surface area (Å²) >= 11 is 0. The number of hydrogen-bond donors (Lipinski definition) is 3. The van der Waals surface area contributed by atoms with Crippen LogP contribution < -0.4 is 16.0 Å². The number of anilines is 3. The van der Waals surface area contributed by atoms with Gasteiger partial charge in [0.25, 0.3) is 5.95 Å². The van der Waals surface area contributed by atoms with Gasteiger partial charge in [0.2, 0.25) is 11.8 Å². The maximum absolute atomic E-state index is 12.6. The zero-order chi connectivity index (χ0) is 33.5. The minimum Gasteiger partial charge on any atom is -0.465 e. The van der Waals surface area contributed by atoms with Gasteiger partial charge in [-0.2, -0.15) is 15.2 Å². The first kappa shape index (κ1) is 35.7. The number of hydrogen-bond acceptors (Lipinski definition) is 15. The maximum Gasteiger partial charge on any atom is 0.311 e. The smallest absolute Gasteiger partial charge is 0.311 e. The molecule has 46 heavy (non-hydrogen) atoms. The summed E-state index contributed by atoms with van der Waals surface area (Å²) in [6.07, 6.45) is 6.54. The summed E-state index contributed by atoms with van der Waals surface area (Å²) in [5, 5.41) is 32.8. The number of esters is 1. The lowest BCUT2D eigenvalue weighted by molar-refractivity contribution is -0.155. The molecule has 0 saturated heterocycles. The molecule has 0 spiro atoms. The highest BCUT2D eigenvalue weighted by Crippen LogP contribution is 2.35. The van der Waals surface area contributed by atoms with E-state index in [1.807, 2.05) is 34.6 Å². The number of carbonyl (C=O) groups excluding carboxylic acids is 1. The molecular weight excluding hydrogens is 592 g/mol. The van der Waals surface area contributed by atoms with Gasteiger partial charge in [-0.1, -0.05) is 13.8 Å². The fourth-order valence-electron chi connectivity index (χ4n) is 4.16. The zero-order valence-electron chi connectivity index (χ0n) is 27.6. The molecule has 0 fully saturated rings. The van der Waals surface area contributed by atoms with Crippen LogP contribution >= 0.6 is 0 Å². The summed E-state index contributed by atoms with van der Waals surface area (Å²) in [5.41, 5.74) is -0.0496. The SMILES string of the molecule is CCC(C)(CC)C(=O)OCCCNc1nc(NC(C)COC)nc(NC(C)COC)c1N=Nc1nn(-c2ncccn2)cc1C#N. The Hall–Kier alpha value is -4.75. The van der Waals surface area contributed by atoms with Crippen LogP contribution in [0.3, 0.4) is 0 Å². The second kappa shape index (κ2) is 17.7. The van der Waals surface area contributed by atoms with Crippen LogP contribution in [0.4, 0.5) is 29.1 Å². The van der Waals surface area contributed by atoms with Gasteiger partial charge in [0.05, 0.1) is 31.4 Å². The lowest BCUT2D eigenvalue weighted by Gasteiger charge is -2.24. The fraction of sp³-hybridized carbons (Fsp3) is 0.567. The number of aromatic nitrogens is 6. The molecule has 16 heteroatoms. The number of nitriles is 1. The average Bonchev–Trinajstić information content (AvgIpc) is 3.47. The summed E-state index contributed by atoms with van der Waals surface area (Å²) < 4.78 is 17.5. The predicted molar refractivity (Wildman–Crippen MR) is 173 cm³/mol. The van der Waals surface area contributed by atoms with E-state index in [0.717, 1.165) is 0 Å². The number of nitrogens with one attached hydrogen (secondary N) is 3. The molecule has 0 aliphatic rings. The largest absolute Gasteiger partial charge is 0.465 e. The summed E-state index contributed by atoms with van der Waals surface area (Å²) in [5.74, 6) is 1.20. The van der Waals surface area contributed by atoms with Crippen LogP contribution in [-0.2, 0) is 19.0 Å². The van der Waals surface area contributed by atoms with Crippen LogP contribution in [0, 0.1) is 16.7 Å². The molecule has 248 valence electrons. The lowest BCUT2D eigenvalue weighted by atomic mass is 9.85. The topological polar surface area (TPSA) is 199 Å². The van der Waals surface area contributed by atoms with Crippen LogP contribution in [0.15, 0.2) is 34.9 Å². The number of methoxy groups -OCH3 is 2. The van der Waals surface area contributed by atoms with Crippen molar-refractivity contribution in [1.82, 2.24) is 29.7 Å². The van der Waals surface area contributed by atoms with Crippen LogP contribution in [0.25, 0.3) is 5.95 Å². The zero-order valence-corrected chi connectivity index (χ0v) is 27.6. The number of rotatable bonds is 19. The number of carbonyl (C=O) groups is 1. The van der Waals surface area contributed by atoms with E-state index >= 15 is 0 Å². The molecule has 3 N–H and O–H groups in total. The molecule has 0 aliphatic heterocycles. The molecule has 16 nitrogen and oxygen atoms in total. The molecule has 3 aromatic rings. The van der Waals surface area contributed by atoms with Crippen LogP contribution in [0.5, 0.6) is 0 Å². The van der Waals surface area contributed by atoms with E-state index in [9.17, 15) is 10.1 Å². The van der Waals surface area contributed by atoms with Gasteiger partial charge < -0.3 is 30.2 Å². The Kier molecular flexibility index (Phi) is 13.7. The van der Waals surface area contributed by atoms with Crippen LogP contribution in [0.1, 0.15) is 59.4 Å². The Labute approximate surface area is 269 Å². The highest BCUT2D eigenvalue weighted by atomic mass is 16.5. The minimum atomic E-state index is -0.505. The molecule has 2 atom stereocenters. The first-order valence-electron chi connectivity index (χ1n) is 15.2. The molecule has 3 aromatic heterocycles. The molecule has 0 amide bonds. The average molecular weight is 637 g/mol. The van der Waals surface area contributed by atoms with E-state index in [0.29, 0.717) is 56.6 Å². The lowest BCUT2D eigenvalue weighted by Crippen LogP contribution is -2.29. The molecule has 3 rings (SSSR count). The summed E-state index contributed by atoms with van der Waals surface area (Å²) in [6.45, 7) is 11.2. The fourth-order valence-corrected chi connectivity index (χ4v) is 4.16. The Morgan fingerprint density at radius 3 is 2.33 bits per heavy atom. The summed E-state index contributed by atoms with van der Waals surface area (Å²) in [7, 11) is 3.23. The monoisotopic (exact) mass is 636 g/mol. The van der Waals surface area contributed by atoms with E-state index < -0.39 is 5.41 Å². The minimum absolute atomic E-state index is 0.0644. The molecule has 0 bridgehead atoms. The van der Waals surface area contributed by atoms with Crippen molar-refractivity contribution in [3.05, 3.63) is 30.2 Å². The Balaban J connectivity index is 1.96. The predicted octanol–water partition coefficient (Wildman–Crippen LogP) is 4.80. The van der Waals surface area contributed by atoms with Crippen molar-refractivity contribution in [2.45, 2.75) is 66.0 Å². The molecule has 0 radical (unpaired) electrons. The normalized spacial score (nSPS) is 12.8. The molecule has 0 aliphatic carbocycles. The van der Waals surface area contributed by atoms with E-state index in [2.05, 4.69) is 57.3 Å². The first-order chi connectivity index (χ1) is 22.2. The van der Waals surface area contributed by atoms with Gasteiger partial charge in [-0.05, 0) is 46.1 Å². The molecule has 0 saturated carbocycles. The van der Waals surface area contributed by atoms with Gasteiger partial charge >= 0.3 is 5.97 Å². The van der Waals surface area contributed by atoms with Crippen molar-refractivity contribution in [1.29, 1.82) is 5.26 Å². The number of azo groups is 1. The summed E-state index contributed by atoms with van der Waals surface area (Å²) in [6, 6.07) is 3.52. The van der Waals surface area contributed by atoms with Crippen molar-refractivity contribution < 1.29 is 19.0 Å². The quantitative estimate of drug-likeness (QED) is 0.0921. The molecule has 2 unspecified atom stereocenters. The molecular formula is C30H44N12O4. The van der Waals surface area contributed by atoms with Gasteiger partial charge in [0, 0.05) is 45.2 Å². The Bertz CT molecular complexity index is 1470. The van der Waals surface area contributed by atoms with Crippen molar-refractivity contribution in [2.24, 2.45) is 15.6 Å². The van der Waals surface area contributed by atoms with E-state index in [1.165, 1.54) is 10.9 Å². The third-order valence-electron chi connectivity index (χ3n) is 7.19. The molecule has 3 heterocycles. The number of ether oxygens (including phenoxy) is 3. The van der Waals surface area contributed by atoms with Gasteiger partial charge in [0.1, 0.15) is 11.6 Å². The van der Waals surface area contributed by atoms with Crippen molar-refractivity contribution in [3.63, 3.8) is 0 Å². The second-order valence-corrected chi connectivity index (χ2v) is 11.0. The van der Waals surface area contributed by atoms with Crippen LogP contribution in [-0.4, -0.2) is 88.4 Å². The van der Waals surface area contributed by atoms with Crippen molar-refractivity contribution in [2.75, 3.05) is 56.5 Å². The standard InChI is InChI=1S/C30H44N12O4/c1-8-30(5,9-2)27(43)46-15-11-14-32-25-23(26(35-20(3)18-44-6)38-28(37-25)36-21(4)19-45-7)39-40-24-22(16-31)17-42(41-24)29-33-12-10-13-34-29/h10,12-13,17,20-21H,8-9,11,14-15,18-19H2,1-7H3,(H3,32,35,36,37,38). The third-order valence-corrected chi connectivity index (χ3v) is 7.19. The third kappa shape index (κ3) is 9.88. The van der Waals surface area contributed by atoms with Crippen molar-refractivity contribution >= 4 is 35.1 Å². The van der Waals surface area contributed by atoms with E-state index in [1.54, 1.807) is 32.7 Å². The van der Waals surface area contributed by atoms with E-state index in [4.69, 9.17) is 14.2 Å². The number of nitrogens with zero attached hydrogens (tertiary/aromatic N) is 9. The molecule has 0 aromatic carbocycles.